The van der Waals surface area contributed by atoms with Crippen molar-refractivity contribution in [3.05, 3.63) is 65.9 Å². The molecular weight excluding hydrogens is 550 g/mol. The van der Waals surface area contributed by atoms with E-state index in [4.69, 9.17) is 5.73 Å². The van der Waals surface area contributed by atoms with Gasteiger partial charge in [0.1, 0.15) is 23.9 Å². The van der Waals surface area contributed by atoms with E-state index in [9.17, 15) is 34.5 Å². The lowest BCUT2D eigenvalue weighted by Crippen LogP contribution is -2.58. The van der Waals surface area contributed by atoms with E-state index in [2.05, 4.69) is 20.9 Å². The van der Waals surface area contributed by atoms with Gasteiger partial charge in [0, 0.05) is 23.5 Å². The number of para-hydroxylation sites is 1. The molecule has 220 valence electrons. The first-order valence-electron chi connectivity index (χ1n) is 12.9. The summed E-state index contributed by atoms with van der Waals surface area (Å²) in [6, 6.07) is 8.61. The predicted molar refractivity (Wildman–Crippen MR) is 155 cm³/mol. The van der Waals surface area contributed by atoms with E-state index >= 15 is 0 Å². The quantitative estimate of drug-likeness (QED) is 0.123. The van der Waals surface area contributed by atoms with Crippen LogP contribution in [0.2, 0.25) is 0 Å². The van der Waals surface area contributed by atoms with E-state index in [-0.39, 0.29) is 25.0 Å². The fourth-order valence-electron chi connectivity index (χ4n) is 4.22. The van der Waals surface area contributed by atoms with Gasteiger partial charge >= 0.3 is 5.97 Å². The molecule has 4 atom stereocenters. The van der Waals surface area contributed by atoms with Crippen LogP contribution >= 0.6 is 11.8 Å². The molecule has 0 spiro atoms. The largest absolute Gasteiger partial charge is 0.508 e. The molecular formula is C28H35N5O7S. The molecule has 0 bridgehead atoms. The van der Waals surface area contributed by atoms with Crippen LogP contribution in [0.25, 0.3) is 10.9 Å². The minimum absolute atomic E-state index is 0.00903. The first kappa shape index (κ1) is 31.5. The van der Waals surface area contributed by atoms with E-state index < -0.39 is 54.5 Å². The SMILES string of the molecule is CSCCC(NC(=O)C(N)Cc1c[nH]c2ccccc12)C(=O)NC(CO)C(=O)NC(Cc1ccc(O)cc1)C(=O)O. The Morgan fingerprint density at radius 1 is 0.902 bits per heavy atom. The van der Waals surface area contributed by atoms with Crippen molar-refractivity contribution in [2.24, 2.45) is 5.73 Å². The number of aliphatic carboxylic acids is 1. The summed E-state index contributed by atoms with van der Waals surface area (Å²) in [7, 11) is 0. The summed E-state index contributed by atoms with van der Waals surface area (Å²) in [5, 5.41) is 37.1. The summed E-state index contributed by atoms with van der Waals surface area (Å²) in [6.45, 7) is -0.799. The van der Waals surface area contributed by atoms with Crippen LogP contribution in [0.1, 0.15) is 17.5 Å². The lowest BCUT2D eigenvalue weighted by atomic mass is 10.0. The molecule has 3 amide bonds. The maximum Gasteiger partial charge on any atom is 0.326 e. The van der Waals surface area contributed by atoms with Crippen molar-refractivity contribution < 1.29 is 34.5 Å². The number of nitrogens with two attached hydrogens (primary N) is 1. The number of carboxylic acid groups (broad SMARTS) is 1. The number of aromatic nitrogens is 1. The number of aromatic amines is 1. The molecule has 1 aromatic heterocycles. The number of amides is 3. The molecule has 3 aromatic rings. The van der Waals surface area contributed by atoms with E-state index in [1.807, 2.05) is 30.5 Å². The third kappa shape index (κ3) is 8.96. The van der Waals surface area contributed by atoms with Crippen LogP contribution in [0, 0.1) is 0 Å². The Balaban J connectivity index is 1.63. The summed E-state index contributed by atoms with van der Waals surface area (Å²) in [5.74, 6) is -2.97. The van der Waals surface area contributed by atoms with Crippen LogP contribution in [0.5, 0.6) is 5.75 Å². The number of carboxylic acids is 1. The minimum Gasteiger partial charge on any atom is -0.508 e. The van der Waals surface area contributed by atoms with Crippen molar-refractivity contribution in [2.75, 3.05) is 18.6 Å². The minimum atomic E-state index is -1.46. The van der Waals surface area contributed by atoms with E-state index in [1.165, 1.54) is 36.0 Å². The van der Waals surface area contributed by atoms with Crippen molar-refractivity contribution in [3.63, 3.8) is 0 Å². The molecule has 0 fully saturated rings. The lowest BCUT2D eigenvalue weighted by Gasteiger charge is -2.24. The predicted octanol–water partition coefficient (Wildman–Crippen LogP) is 0.270. The Bertz CT molecular complexity index is 1350. The van der Waals surface area contributed by atoms with Crippen LogP contribution in [-0.2, 0) is 32.0 Å². The number of aliphatic hydroxyl groups is 1. The Morgan fingerprint density at radius 2 is 1.54 bits per heavy atom. The summed E-state index contributed by atoms with van der Waals surface area (Å²) in [5.41, 5.74) is 8.48. The molecule has 0 aliphatic carbocycles. The van der Waals surface area contributed by atoms with Gasteiger partial charge in [0.2, 0.25) is 17.7 Å². The van der Waals surface area contributed by atoms with Gasteiger partial charge in [-0.05, 0) is 54.2 Å². The number of thioether (sulfide) groups is 1. The molecule has 0 aliphatic rings. The third-order valence-electron chi connectivity index (χ3n) is 6.50. The zero-order valence-corrected chi connectivity index (χ0v) is 23.3. The van der Waals surface area contributed by atoms with Gasteiger partial charge in [-0.1, -0.05) is 30.3 Å². The van der Waals surface area contributed by atoms with Crippen LogP contribution in [-0.4, -0.2) is 86.8 Å². The number of nitrogens with one attached hydrogen (secondary N) is 4. The maximum absolute atomic E-state index is 13.1. The maximum atomic E-state index is 13.1. The van der Waals surface area contributed by atoms with Gasteiger partial charge in [-0.2, -0.15) is 11.8 Å². The van der Waals surface area contributed by atoms with Crippen LogP contribution in [0.4, 0.5) is 0 Å². The molecule has 0 radical (unpaired) electrons. The number of phenolic OH excluding ortho intramolecular Hbond substituents is 1. The molecule has 4 unspecified atom stereocenters. The number of phenols is 1. The molecule has 0 saturated carbocycles. The highest BCUT2D eigenvalue weighted by molar-refractivity contribution is 7.98. The van der Waals surface area contributed by atoms with Crippen molar-refractivity contribution in [2.45, 2.75) is 43.4 Å². The molecule has 3 rings (SSSR count). The topological polar surface area (TPSA) is 207 Å². The monoisotopic (exact) mass is 585 g/mol. The molecule has 0 saturated heterocycles. The van der Waals surface area contributed by atoms with Crippen LogP contribution < -0.4 is 21.7 Å². The van der Waals surface area contributed by atoms with E-state index in [0.717, 1.165) is 16.5 Å². The number of carbonyl (C=O) groups excluding carboxylic acids is 3. The Morgan fingerprint density at radius 3 is 2.20 bits per heavy atom. The molecule has 13 heteroatoms. The number of carbonyl (C=O) groups is 4. The van der Waals surface area contributed by atoms with Gasteiger partial charge < -0.3 is 42.0 Å². The highest BCUT2D eigenvalue weighted by Gasteiger charge is 2.30. The van der Waals surface area contributed by atoms with Crippen molar-refractivity contribution in [3.8, 4) is 5.75 Å². The second-order valence-corrected chi connectivity index (χ2v) is 10.5. The van der Waals surface area contributed by atoms with Gasteiger partial charge in [0.05, 0.1) is 12.6 Å². The second kappa shape index (κ2) is 15.1. The normalized spacial score (nSPS) is 14.0. The van der Waals surface area contributed by atoms with Gasteiger partial charge in [0.25, 0.3) is 0 Å². The molecule has 2 aromatic carbocycles. The van der Waals surface area contributed by atoms with Crippen molar-refractivity contribution in [1.82, 2.24) is 20.9 Å². The number of hydrogen-bond donors (Lipinski definition) is 8. The number of benzene rings is 2. The summed E-state index contributed by atoms with van der Waals surface area (Å²) in [6.07, 6.45) is 3.99. The van der Waals surface area contributed by atoms with Gasteiger partial charge in [-0.15, -0.1) is 0 Å². The zero-order valence-electron chi connectivity index (χ0n) is 22.5. The zero-order chi connectivity index (χ0) is 29.9. The summed E-state index contributed by atoms with van der Waals surface area (Å²) in [4.78, 5) is 53.8. The van der Waals surface area contributed by atoms with Crippen LogP contribution in [0.15, 0.2) is 54.7 Å². The van der Waals surface area contributed by atoms with Gasteiger partial charge in [0.15, 0.2) is 0 Å². The highest BCUT2D eigenvalue weighted by atomic mass is 32.2. The molecule has 1 heterocycles. The molecule has 0 aliphatic heterocycles. The van der Waals surface area contributed by atoms with Crippen LogP contribution in [0.3, 0.4) is 0 Å². The number of hydrogen-bond acceptors (Lipinski definition) is 8. The number of aliphatic hydroxyl groups excluding tert-OH is 1. The number of aromatic hydroxyl groups is 1. The summed E-state index contributed by atoms with van der Waals surface area (Å²) >= 11 is 1.46. The number of H-pyrrole nitrogens is 1. The van der Waals surface area contributed by atoms with E-state index in [0.29, 0.717) is 11.3 Å². The molecule has 12 nitrogen and oxygen atoms in total. The van der Waals surface area contributed by atoms with Gasteiger partial charge in [-0.3, -0.25) is 14.4 Å². The Hall–Kier alpha value is -4.07. The fraction of sp³-hybridized carbons (Fsp3) is 0.357. The molecule has 9 N–H and O–H groups in total. The average molecular weight is 586 g/mol. The second-order valence-electron chi connectivity index (χ2n) is 9.53. The lowest BCUT2D eigenvalue weighted by molar-refractivity contribution is -0.142. The van der Waals surface area contributed by atoms with Crippen molar-refractivity contribution >= 4 is 46.4 Å². The number of fused-ring (bicyclic) bond motifs is 1. The fourth-order valence-corrected chi connectivity index (χ4v) is 4.69. The van der Waals surface area contributed by atoms with Gasteiger partial charge in [-0.25, -0.2) is 4.79 Å². The van der Waals surface area contributed by atoms with Crippen molar-refractivity contribution in [1.29, 1.82) is 0 Å². The third-order valence-corrected chi connectivity index (χ3v) is 7.15. The smallest absolute Gasteiger partial charge is 0.326 e. The summed E-state index contributed by atoms with van der Waals surface area (Å²) < 4.78 is 0. The highest BCUT2D eigenvalue weighted by Crippen LogP contribution is 2.19. The number of rotatable bonds is 15. The van der Waals surface area contributed by atoms with E-state index in [1.54, 1.807) is 6.20 Å². The Labute approximate surface area is 241 Å². The molecule has 41 heavy (non-hydrogen) atoms. The Kier molecular flexibility index (Phi) is 11.6. The standard InChI is InChI=1S/C28H35N5O7S/c1-41-11-10-22(31-25(36)20(29)13-17-14-30-21-5-3-2-4-19(17)21)26(37)33-24(15-34)27(38)32-23(28(39)40)12-16-6-8-18(35)9-7-16/h2-9,14,20,22-24,30,34-35H,10-13,15,29H2,1H3,(H,31,36)(H,32,38)(H,33,37)(H,39,40). The average Bonchev–Trinajstić information content (AvgIpc) is 3.36. The first-order chi connectivity index (χ1) is 19.6. The first-order valence-corrected chi connectivity index (χ1v) is 14.3.